The van der Waals surface area contributed by atoms with Crippen LogP contribution in [0.4, 0.5) is 5.69 Å². The molecule has 2 aliphatic rings. The predicted octanol–water partition coefficient (Wildman–Crippen LogP) is 1.85. The van der Waals surface area contributed by atoms with Crippen LogP contribution in [0.3, 0.4) is 0 Å². The Morgan fingerprint density at radius 2 is 2.10 bits per heavy atom. The Morgan fingerprint density at radius 3 is 2.74 bits per heavy atom. The SMILES string of the molecule is CCNC(=NCC(c1ccco1)N1CCCCC1)N1CCN(c2cnn(C)c2)C(=O)C1. The molecule has 168 valence electrons. The van der Waals surface area contributed by atoms with E-state index < -0.39 is 0 Å². The van der Waals surface area contributed by atoms with Crippen molar-refractivity contribution in [3.05, 3.63) is 36.5 Å². The highest BCUT2D eigenvalue weighted by Gasteiger charge is 2.29. The molecule has 2 saturated heterocycles. The zero-order valence-corrected chi connectivity index (χ0v) is 18.5. The first-order valence-electron chi connectivity index (χ1n) is 11.3. The number of nitrogens with one attached hydrogen (secondary N) is 1. The summed E-state index contributed by atoms with van der Waals surface area (Å²) in [6.45, 7) is 7.19. The Hall–Kier alpha value is -2.81. The molecule has 4 heterocycles. The van der Waals surface area contributed by atoms with Crippen molar-refractivity contribution in [1.82, 2.24) is 24.9 Å². The maximum Gasteiger partial charge on any atom is 0.246 e. The summed E-state index contributed by atoms with van der Waals surface area (Å²) in [4.78, 5) is 24.1. The molecule has 2 aromatic heterocycles. The number of likely N-dealkylation sites (tertiary alicyclic amines) is 1. The van der Waals surface area contributed by atoms with Gasteiger partial charge in [-0.1, -0.05) is 6.42 Å². The van der Waals surface area contributed by atoms with Crippen molar-refractivity contribution < 1.29 is 9.21 Å². The Morgan fingerprint density at radius 1 is 1.26 bits per heavy atom. The molecule has 9 heteroatoms. The second-order valence-corrected chi connectivity index (χ2v) is 8.16. The molecule has 1 amide bonds. The van der Waals surface area contributed by atoms with Crippen molar-refractivity contribution >= 4 is 17.6 Å². The number of hydrogen-bond donors (Lipinski definition) is 1. The highest BCUT2D eigenvalue weighted by Crippen LogP contribution is 2.25. The summed E-state index contributed by atoms with van der Waals surface area (Å²) < 4.78 is 7.47. The molecule has 0 spiro atoms. The number of furan rings is 1. The lowest BCUT2D eigenvalue weighted by Gasteiger charge is -2.36. The van der Waals surface area contributed by atoms with Crippen LogP contribution in [0.1, 0.15) is 38.0 Å². The Balaban J connectivity index is 1.46. The third-order valence-corrected chi connectivity index (χ3v) is 5.98. The van der Waals surface area contributed by atoms with Gasteiger partial charge in [0, 0.05) is 32.9 Å². The number of anilines is 1. The van der Waals surface area contributed by atoms with Crippen molar-refractivity contribution in [3.8, 4) is 0 Å². The molecule has 1 unspecified atom stereocenters. The quantitative estimate of drug-likeness (QED) is 0.560. The minimum atomic E-state index is 0.0588. The number of aryl methyl sites for hydroxylation is 1. The zero-order valence-electron chi connectivity index (χ0n) is 18.5. The van der Waals surface area contributed by atoms with Crippen LogP contribution in [0.25, 0.3) is 0 Å². The number of carbonyl (C=O) groups is 1. The van der Waals surface area contributed by atoms with Gasteiger partial charge in [0.05, 0.1) is 30.7 Å². The van der Waals surface area contributed by atoms with Gasteiger partial charge in [-0.15, -0.1) is 0 Å². The van der Waals surface area contributed by atoms with Gasteiger partial charge in [0.25, 0.3) is 0 Å². The summed E-state index contributed by atoms with van der Waals surface area (Å²) in [6.07, 6.45) is 9.06. The molecule has 2 aromatic rings. The molecule has 0 aliphatic carbocycles. The highest BCUT2D eigenvalue weighted by atomic mass is 16.3. The average Bonchev–Trinajstić information content (AvgIpc) is 3.46. The van der Waals surface area contributed by atoms with E-state index in [1.54, 1.807) is 22.0 Å². The van der Waals surface area contributed by atoms with Crippen LogP contribution in [0.5, 0.6) is 0 Å². The molecule has 0 radical (unpaired) electrons. The standard InChI is InChI=1S/C22H33N7O2/c1-3-23-22(28-11-12-29(21(30)17-28)18-14-25-26(2)16-18)24-15-19(20-8-7-13-31-20)27-9-5-4-6-10-27/h7-8,13-14,16,19H,3-6,9-12,15,17H2,1-2H3,(H,23,24). The fraction of sp³-hybridized carbons (Fsp3) is 0.591. The first-order chi connectivity index (χ1) is 15.2. The molecule has 1 atom stereocenters. The second-order valence-electron chi connectivity index (χ2n) is 8.16. The molecule has 0 aromatic carbocycles. The normalized spacial score (nSPS) is 19.7. The van der Waals surface area contributed by atoms with Gasteiger partial charge >= 0.3 is 0 Å². The maximum atomic E-state index is 12.8. The van der Waals surface area contributed by atoms with E-state index in [0.717, 1.165) is 43.6 Å². The van der Waals surface area contributed by atoms with E-state index in [-0.39, 0.29) is 11.9 Å². The number of carbonyl (C=O) groups excluding carboxylic acids is 1. The van der Waals surface area contributed by atoms with Crippen LogP contribution in [-0.4, -0.2) is 77.3 Å². The maximum absolute atomic E-state index is 12.8. The minimum absolute atomic E-state index is 0.0588. The lowest BCUT2D eigenvalue weighted by atomic mass is 10.1. The number of guanidine groups is 1. The number of aromatic nitrogens is 2. The molecule has 0 saturated carbocycles. The van der Waals surface area contributed by atoms with E-state index in [1.165, 1.54) is 19.3 Å². The average molecular weight is 428 g/mol. The molecule has 2 fully saturated rings. The smallest absolute Gasteiger partial charge is 0.246 e. The van der Waals surface area contributed by atoms with Crippen LogP contribution >= 0.6 is 0 Å². The number of piperazine rings is 1. The van der Waals surface area contributed by atoms with Crippen LogP contribution < -0.4 is 10.2 Å². The van der Waals surface area contributed by atoms with E-state index in [1.807, 2.05) is 30.3 Å². The third kappa shape index (κ3) is 5.10. The van der Waals surface area contributed by atoms with Gasteiger partial charge in [-0.25, -0.2) is 0 Å². The van der Waals surface area contributed by atoms with E-state index in [2.05, 4.69) is 22.2 Å². The van der Waals surface area contributed by atoms with Gasteiger partial charge in [0.15, 0.2) is 5.96 Å². The predicted molar refractivity (Wildman–Crippen MR) is 120 cm³/mol. The molecular weight excluding hydrogens is 394 g/mol. The first kappa shape index (κ1) is 21.4. The van der Waals surface area contributed by atoms with Crippen molar-refractivity contribution in [2.45, 2.75) is 32.2 Å². The fourth-order valence-electron chi connectivity index (χ4n) is 4.37. The number of nitrogens with zero attached hydrogens (tertiary/aromatic N) is 6. The van der Waals surface area contributed by atoms with Crippen LogP contribution in [0.2, 0.25) is 0 Å². The van der Waals surface area contributed by atoms with Crippen molar-refractivity contribution in [1.29, 1.82) is 0 Å². The monoisotopic (exact) mass is 427 g/mol. The van der Waals surface area contributed by atoms with Gasteiger partial charge < -0.3 is 19.5 Å². The number of piperidine rings is 1. The van der Waals surface area contributed by atoms with Gasteiger partial charge in [-0.3, -0.25) is 19.4 Å². The van der Waals surface area contributed by atoms with Crippen molar-refractivity contribution in [2.24, 2.45) is 12.0 Å². The third-order valence-electron chi connectivity index (χ3n) is 5.98. The topological polar surface area (TPSA) is 82.1 Å². The Kier molecular flexibility index (Phi) is 6.91. The summed E-state index contributed by atoms with van der Waals surface area (Å²) in [5, 5.41) is 7.56. The van der Waals surface area contributed by atoms with Crippen LogP contribution in [-0.2, 0) is 11.8 Å². The number of rotatable bonds is 6. The zero-order chi connectivity index (χ0) is 21.6. The van der Waals surface area contributed by atoms with Crippen LogP contribution in [0, 0.1) is 0 Å². The summed E-state index contributed by atoms with van der Waals surface area (Å²) >= 11 is 0. The lowest BCUT2D eigenvalue weighted by molar-refractivity contribution is -0.120. The number of amides is 1. The molecule has 9 nitrogen and oxygen atoms in total. The summed E-state index contributed by atoms with van der Waals surface area (Å²) in [6, 6.07) is 4.10. The highest BCUT2D eigenvalue weighted by molar-refractivity contribution is 5.98. The molecular formula is C22H33N7O2. The molecule has 4 rings (SSSR count). The van der Waals surface area contributed by atoms with Crippen molar-refractivity contribution in [3.63, 3.8) is 0 Å². The fourth-order valence-corrected chi connectivity index (χ4v) is 4.37. The molecule has 31 heavy (non-hydrogen) atoms. The lowest BCUT2D eigenvalue weighted by Crippen LogP contribution is -2.55. The Bertz CT molecular complexity index is 870. The molecule has 1 N–H and O–H groups in total. The summed E-state index contributed by atoms with van der Waals surface area (Å²) in [7, 11) is 1.86. The number of hydrogen-bond acceptors (Lipinski definition) is 5. The summed E-state index contributed by atoms with van der Waals surface area (Å²) in [5.74, 6) is 1.80. The minimum Gasteiger partial charge on any atom is -0.468 e. The van der Waals surface area contributed by atoms with E-state index in [4.69, 9.17) is 9.41 Å². The van der Waals surface area contributed by atoms with Crippen molar-refractivity contribution in [2.75, 3.05) is 50.7 Å². The Labute approximate surface area is 183 Å². The largest absolute Gasteiger partial charge is 0.468 e. The van der Waals surface area contributed by atoms with E-state index >= 15 is 0 Å². The van der Waals surface area contributed by atoms with E-state index in [9.17, 15) is 4.79 Å². The van der Waals surface area contributed by atoms with Gasteiger partial charge in [-0.05, 0) is 45.0 Å². The number of aliphatic imine (C=N–C) groups is 1. The molecule has 2 aliphatic heterocycles. The van der Waals surface area contributed by atoms with Gasteiger partial charge in [0.1, 0.15) is 12.3 Å². The van der Waals surface area contributed by atoms with Gasteiger partial charge in [-0.2, -0.15) is 5.10 Å². The first-order valence-corrected chi connectivity index (χ1v) is 11.3. The molecule has 0 bridgehead atoms. The van der Waals surface area contributed by atoms with Crippen LogP contribution in [0.15, 0.2) is 40.2 Å². The summed E-state index contributed by atoms with van der Waals surface area (Å²) in [5.41, 5.74) is 0.845. The van der Waals surface area contributed by atoms with Gasteiger partial charge in [0.2, 0.25) is 5.91 Å². The van der Waals surface area contributed by atoms with E-state index in [0.29, 0.717) is 19.6 Å². The second kappa shape index (κ2) is 10.00.